The fraction of sp³-hybridized carbons (Fsp3) is 0.562. The number of rotatable bonds is 9. The number of hydrogen-bond donors (Lipinski definition) is 1. The lowest BCUT2D eigenvalue weighted by Crippen LogP contribution is -2.36. The monoisotopic (exact) mass is 342 g/mol. The molecule has 0 aliphatic rings. The van der Waals surface area contributed by atoms with Gasteiger partial charge in [-0.05, 0) is 31.7 Å². The van der Waals surface area contributed by atoms with Crippen LogP contribution in [0.4, 0.5) is 0 Å². The summed E-state index contributed by atoms with van der Waals surface area (Å²) in [7, 11) is 0.364. The molecule has 23 heavy (non-hydrogen) atoms. The van der Waals surface area contributed by atoms with Gasteiger partial charge in [0.2, 0.25) is 5.91 Å². The summed E-state index contributed by atoms with van der Waals surface area (Å²) < 4.78 is 28.5. The maximum absolute atomic E-state index is 12.0. The van der Waals surface area contributed by atoms with Crippen LogP contribution in [-0.4, -0.2) is 59.3 Å². The van der Waals surface area contributed by atoms with E-state index in [-0.39, 0.29) is 16.7 Å². The zero-order chi connectivity index (χ0) is 17.5. The summed E-state index contributed by atoms with van der Waals surface area (Å²) in [5.41, 5.74) is 0. The molecule has 1 amide bonds. The van der Waals surface area contributed by atoms with Crippen LogP contribution in [0, 0.1) is 5.92 Å². The van der Waals surface area contributed by atoms with Crippen LogP contribution in [-0.2, 0) is 14.6 Å². The standard InChI is InChI=1S/C16H26N2O4S/c1-13(12-17-2)16(19)18(3)9-6-10-22-14-7-5-8-15(11-14)23(4,20)21/h5,7-8,11,13,17H,6,9-10,12H2,1-4H3. The molecule has 0 heterocycles. The summed E-state index contributed by atoms with van der Waals surface area (Å²) in [6.07, 6.45) is 1.84. The van der Waals surface area contributed by atoms with Gasteiger partial charge in [0.25, 0.3) is 0 Å². The lowest BCUT2D eigenvalue weighted by Gasteiger charge is -2.21. The van der Waals surface area contributed by atoms with Gasteiger partial charge in [-0.25, -0.2) is 8.42 Å². The number of nitrogens with zero attached hydrogens (tertiary/aromatic N) is 1. The number of benzene rings is 1. The molecule has 0 fully saturated rings. The van der Waals surface area contributed by atoms with Crippen LogP contribution in [0.2, 0.25) is 0 Å². The first-order valence-electron chi connectivity index (χ1n) is 7.58. The molecule has 0 aliphatic carbocycles. The Morgan fingerprint density at radius 2 is 2.09 bits per heavy atom. The summed E-state index contributed by atoms with van der Waals surface area (Å²) in [6.45, 7) is 3.56. The van der Waals surface area contributed by atoms with E-state index < -0.39 is 9.84 Å². The van der Waals surface area contributed by atoms with Crippen molar-refractivity contribution >= 4 is 15.7 Å². The van der Waals surface area contributed by atoms with Crippen molar-refractivity contribution in [3.05, 3.63) is 24.3 Å². The second-order valence-corrected chi connectivity index (χ2v) is 7.68. The highest BCUT2D eigenvalue weighted by molar-refractivity contribution is 7.90. The first-order chi connectivity index (χ1) is 10.8. The summed E-state index contributed by atoms with van der Waals surface area (Å²) in [5, 5.41) is 2.99. The van der Waals surface area contributed by atoms with E-state index in [1.54, 1.807) is 24.1 Å². The number of amides is 1. The molecular formula is C16H26N2O4S. The van der Waals surface area contributed by atoms with Crippen LogP contribution < -0.4 is 10.1 Å². The predicted octanol–water partition coefficient (Wildman–Crippen LogP) is 1.17. The summed E-state index contributed by atoms with van der Waals surface area (Å²) in [5.74, 6) is 0.557. The van der Waals surface area contributed by atoms with Gasteiger partial charge in [-0.3, -0.25) is 4.79 Å². The Kier molecular flexibility index (Phi) is 7.51. The second-order valence-electron chi connectivity index (χ2n) is 5.67. The number of ether oxygens (including phenoxy) is 1. The number of sulfone groups is 1. The number of hydrogen-bond acceptors (Lipinski definition) is 5. The molecule has 130 valence electrons. The van der Waals surface area contributed by atoms with Crippen LogP contribution in [0.25, 0.3) is 0 Å². The molecule has 0 radical (unpaired) electrons. The summed E-state index contributed by atoms with van der Waals surface area (Å²) in [6, 6.07) is 6.43. The van der Waals surface area contributed by atoms with Crippen molar-refractivity contribution in [3.8, 4) is 5.75 Å². The molecule has 0 bridgehead atoms. The summed E-state index contributed by atoms with van der Waals surface area (Å²) in [4.78, 5) is 14.0. The maximum atomic E-state index is 12.0. The minimum atomic E-state index is -3.23. The van der Waals surface area contributed by atoms with Gasteiger partial charge in [0, 0.05) is 32.3 Å². The maximum Gasteiger partial charge on any atom is 0.226 e. The Balaban J connectivity index is 2.42. The predicted molar refractivity (Wildman–Crippen MR) is 90.4 cm³/mol. The van der Waals surface area contributed by atoms with E-state index in [2.05, 4.69) is 5.32 Å². The van der Waals surface area contributed by atoms with Crippen molar-refractivity contribution < 1.29 is 17.9 Å². The third-order valence-electron chi connectivity index (χ3n) is 3.45. The Morgan fingerprint density at radius 1 is 1.39 bits per heavy atom. The normalized spacial score (nSPS) is 12.7. The lowest BCUT2D eigenvalue weighted by molar-refractivity contribution is -0.133. The van der Waals surface area contributed by atoms with Gasteiger partial charge in [-0.2, -0.15) is 0 Å². The van der Waals surface area contributed by atoms with Crippen molar-refractivity contribution in [1.29, 1.82) is 0 Å². The van der Waals surface area contributed by atoms with Crippen molar-refractivity contribution in [3.63, 3.8) is 0 Å². The smallest absolute Gasteiger partial charge is 0.226 e. The van der Waals surface area contributed by atoms with E-state index in [9.17, 15) is 13.2 Å². The highest BCUT2D eigenvalue weighted by atomic mass is 32.2. The van der Waals surface area contributed by atoms with Crippen molar-refractivity contribution in [2.45, 2.75) is 18.2 Å². The van der Waals surface area contributed by atoms with Crippen LogP contribution in [0.5, 0.6) is 5.75 Å². The molecule has 1 aromatic rings. The minimum Gasteiger partial charge on any atom is -0.493 e. The molecule has 1 atom stereocenters. The van der Waals surface area contributed by atoms with Gasteiger partial charge in [-0.1, -0.05) is 13.0 Å². The van der Waals surface area contributed by atoms with Gasteiger partial charge in [0.15, 0.2) is 9.84 Å². The van der Waals surface area contributed by atoms with Gasteiger partial charge in [-0.15, -0.1) is 0 Å². The third kappa shape index (κ3) is 6.58. The zero-order valence-electron chi connectivity index (χ0n) is 14.2. The average molecular weight is 342 g/mol. The number of carbonyl (C=O) groups excluding carboxylic acids is 1. The molecule has 1 N–H and O–H groups in total. The Bertz CT molecular complexity index is 616. The summed E-state index contributed by atoms with van der Waals surface area (Å²) >= 11 is 0. The van der Waals surface area contributed by atoms with E-state index in [0.717, 1.165) is 0 Å². The Labute approximate surface area is 138 Å². The van der Waals surface area contributed by atoms with Crippen LogP contribution in [0.1, 0.15) is 13.3 Å². The molecule has 0 aromatic heterocycles. The zero-order valence-corrected chi connectivity index (χ0v) is 15.0. The van der Waals surface area contributed by atoms with Gasteiger partial charge in [0.05, 0.1) is 11.5 Å². The molecule has 6 nitrogen and oxygen atoms in total. The molecular weight excluding hydrogens is 316 g/mol. The van der Waals surface area contributed by atoms with Crippen LogP contribution in [0.15, 0.2) is 29.2 Å². The van der Waals surface area contributed by atoms with Gasteiger partial charge >= 0.3 is 0 Å². The van der Waals surface area contributed by atoms with E-state index in [4.69, 9.17) is 4.74 Å². The average Bonchev–Trinajstić information content (AvgIpc) is 2.50. The molecule has 7 heteroatoms. The quantitative estimate of drug-likeness (QED) is 0.682. The molecule has 1 rings (SSSR count). The molecule has 0 saturated carbocycles. The lowest BCUT2D eigenvalue weighted by atomic mass is 10.1. The first kappa shape index (κ1) is 19.4. The van der Waals surface area contributed by atoms with E-state index in [1.807, 2.05) is 14.0 Å². The second kappa shape index (κ2) is 8.88. The van der Waals surface area contributed by atoms with Crippen LogP contribution >= 0.6 is 0 Å². The minimum absolute atomic E-state index is 0.0580. The molecule has 1 aromatic carbocycles. The largest absolute Gasteiger partial charge is 0.493 e. The van der Waals surface area contributed by atoms with Crippen molar-refractivity contribution in [2.24, 2.45) is 5.92 Å². The van der Waals surface area contributed by atoms with E-state index in [0.29, 0.717) is 31.9 Å². The fourth-order valence-electron chi connectivity index (χ4n) is 2.17. The van der Waals surface area contributed by atoms with Gasteiger partial charge in [0.1, 0.15) is 5.75 Å². The number of carbonyl (C=O) groups is 1. The highest BCUT2D eigenvalue weighted by Gasteiger charge is 2.16. The Morgan fingerprint density at radius 3 is 2.70 bits per heavy atom. The van der Waals surface area contributed by atoms with E-state index in [1.165, 1.54) is 18.4 Å². The van der Waals surface area contributed by atoms with E-state index >= 15 is 0 Å². The van der Waals surface area contributed by atoms with Crippen LogP contribution in [0.3, 0.4) is 0 Å². The molecule has 0 spiro atoms. The molecule has 1 unspecified atom stereocenters. The molecule has 0 aliphatic heterocycles. The number of nitrogens with one attached hydrogen (secondary N) is 1. The fourth-order valence-corrected chi connectivity index (χ4v) is 2.82. The van der Waals surface area contributed by atoms with Gasteiger partial charge < -0.3 is 15.0 Å². The highest BCUT2D eigenvalue weighted by Crippen LogP contribution is 2.17. The SMILES string of the molecule is CNCC(C)C(=O)N(C)CCCOc1cccc(S(C)(=O)=O)c1. The molecule has 0 saturated heterocycles. The van der Waals surface area contributed by atoms with Crippen molar-refractivity contribution in [2.75, 3.05) is 40.0 Å². The first-order valence-corrected chi connectivity index (χ1v) is 9.47. The topological polar surface area (TPSA) is 75.7 Å². The third-order valence-corrected chi connectivity index (χ3v) is 4.56. The van der Waals surface area contributed by atoms with Crippen molar-refractivity contribution in [1.82, 2.24) is 10.2 Å². The Hall–Kier alpha value is -1.60.